The topological polar surface area (TPSA) is 38.9 Å². The zero-order chi connectivity index (χ0) is 7.40. The quantitative estimate of drug-likeness (QED) is 0.630. The van der Waals surface area contributed by atoms with Crippen LogP contribution in [0.5, 0.6) is 0 Å². The van der Waals surface area contributed by atoms with E-state index < -0.39 is 0 Å². The fourth-order valence-electron chi connectivity index (χ4n) is 0.668. The van der Waals surface area contributed by atoms with Gasteiger partial charge < -0.3 is 4.52 Å². The molecular weight excluding hydrogens is 152 g/mol. The first kappa shape index (κ1) is 7.54. The SMILES string of the molecule is Cc1nc(CCCCl)no1. The molecule has 1 heterocycles. The molecule has 0 aliphatic rings. The van der Waals surface area contributed by atoms with Crippen LogP contribution in [0.4, 0.5) is 0 Å². The minimum absolute atomic E-state index is 0.615. The van der Waals surface area contributed by atoms with Gasteiger partial charge in [-0.15, -0.1) is 11.6 Å². The predicted octanol–water partition coefficient (Wildman–Crippen LogP) is 1.55. The lowest BCUT2D eigenvalue weighted by Crippen LogP contribution is -1.88. The third-order valence-electron chi connectivity index (χ3n) is 1.10. The van der Waals surface area contributed by atoms with Crippen LogP contribution in [0.25, 0.3) is 0 Å². The maximum Gasteiger partial charge on any atom is 0.223 e. The minimum atomic E-state index is 0.615. The summed E-state index contributed by atoms with van der Waals surface area (Å²) in [4.78, 5) is 4.01. The summed E-state index contributed by atoms with van der Waals surface area (Å²) in [6.45, 7) is 1.77. The van der Waals surface area contributed by atoms with Gasteiger partial charge in [0.1, 0.15) is 0 Å². The van der Waals surface area contributed by atoms with Crippen molar-refractivity contribution >= 4 is 11.6 Å². The molecular formula is C6H9ClN2O. The van der Waals surface area contributed by atoms with E-state index in [4.69, 9.17) is 16.1 Å². The van der Waals surface area contributed by atoms with Gasteiger partial charge in [0, 0.05) is 19.2 Å². The molecule has 0 amide bonds. The van der Waals surface area contributed by atoms with Gasteiger partial charge in [-0.3, -0.25) is 0 Å². The molecule has 4 heteroatoms. The third-order valence-corrected chi connectivity index (χ3v) is 1.37. The summed E-state index contributed by atoms with van der Waals surface area (Å²) in [5, 5.41) is 3.71. The number of aromatic nitrogens is 2. The highest BCUT2D eigenvalue weighted by molar-refractivity contribution is 6.17. The van der Waals surface area contributed by atoms with Gasteiger partial charge in [-0.25, -0.2) is 0 Å². The second-order valence-corrected chi connectivity index (χ2v) is 2.40. The number of nitrogens with zero attached hydrogens (tertiary/aromatic N) is 2. The second-order valence-electron chi connectivity index (χ2n) is 2.02. The Bertz CT molecular complexity index is 199. The summed E-state index contributed by atoms with van der Waals surface area (Å²) < 4.78 is 4.76. The lowest BCUT2D eigenvalue weighted by Gasteiger charge is -1.85. The zero-order valence-corrected chi connectivity index (χ0v) is 6.56. The van der Waals surface area contributed by atoms with E-state index in [2.05, 4.69) is 10.1 Å². The standard InChI is InChI=1S/C6H9ClN2O/c1-5-8-6(9-10-5)3-2-4-7/h2-4H2,1H3. The normalized spacial score (nSPS) is 10.2. The van der Waals surface area contributed by atoms with Crippen LogP contribution in [0, 0.1) is 6.92 Å². The van der Waals surface area contributed by atoms with E-state index in [1.54, 1.807) is 6.92 Å². The van der Waals surface area contributed by atoms with Crippen molar-refractivity contribution in [1.82, 2.24) is 10.1 Å². The van der Waals surface area contributed by atoms with Crippen molar-refractivity contribution in [3.8, 4) is 0 Å². The van der Waals surface area contributed by atoms with Crippen LogP contribution in [0.15, 0.2) is 4.52 Å². The summed E-state index contributed by atoms with van der Waals surface area (Å²) in [6, 6.07) is 0. The molecule has 0 spiro atoms. The molecule has 0 unspecified atom stereocenters. The van der Waals surface area contributed by atoms with Crippen LogP contribution in [0.1, 0.15) is 18.1 Å². The van der Waals surface area contributed by atoms with Gasteiger partial charge >= 0.3 is 0 Å². The summed E-state index contributed by atoms with van der Waals surface area (Å²) in [6.07, 6.45) is 1.71. The number of halogens is 1. The van der Waals surface area contributed by atoms with Crippen molar-refractivity contribution < 1.29 is 4.52 Å². The maximum atomic E-state index is 5.47. The Labute approximate surface area is 64.4 Å². The lowest BCUT2D eigenvalue weighted by atomic mass is 10.3. The number of alkyl halides is 1. The van der Waals surface area contributed by atoms with Crippen LogP contribution in [0.2, 0.25) is 0 Å². The Kier molecular flexibility index (Phi) is 2.68. The Morgan fingerprint density at radius 1 is 1.60 bits per heavy atom. The smallest absolute Gasteiger partial charge is 0.223 e. The molecule has 0 bridgehead atoms. The van der Waals surface area contributed by atoms with Crippen LogP contribution < -0.4 is 0 Å². The van der Waals surface area contributed by atoms with Crippen LogP contribution >= 0.6 is 11.6 Å². The van der Waals surface area contributed by atoms with Crippen LogP contribution in [0.3, 0.4) is 0 Å². The van der Waals surface area contributed by atoms with Gasteiger partial charge in [-0.2, -0.15) is 4.98 Å². The van der Waals surface area contributed by atoms with E-state index in [1.807, 2.05) is 0 Å². The highest BCUT2D eigenvalue weighted by Crippen LogP contribution is 1.99. The van der Waals surface area contributed by atoms with Crippen molar-refractivity contribution in [2.24, 2.45) is 0 Å². The maximum absolute atomic E-state index is 5.47. The van der Waals surface area contributed by atoms with Crippen molar-refractivity contribution in [3.63, 3.8) is 0 Å². The van der Waals surface area contributed by atoms with Crippen molar-refractivity contribution in [2.75, 3.05) is 5.88 Å². The first-order valence-corrected chi connectivity index (χ1v) is 3.71. The van der Waals surface area contributed by atoms with Crippen molar-refractivity contribution in [1.29, 1.82) is 0 Å². The van der Waals surface area contributed by atoms with Gasteiger partial charge in [-0.05, 0) is 6.42 Å². The zero-order valence-electron chi connectivity index (χ0n) is 5.80. The highest BCUT2D eigenvalue weighted by atomic mass is 35.5. The van der Waals surface area contributed by atoms with Gasteiger partial charge in [0.15, 0.2) is 5.82 Å². The molecule has 0 fully saturated rings. The van der Waals surface area contributed by atoms with Crippen LogP contribution in [-0.2, 0) is 6.42 Å². The molecule has 0 saturated heterocycles. The van der Waals surface area contributed by atoms with Crippen molar-refractivity contribution in [2.45, 2.75) is 19.8 Å². The summed E-state index contributed by atoms with van der Waals surface area (Å²) >= 11 is 5.47. The molecule has 0 aliphatic carbocycles. The summed E-state index contributed by atoms with van der Waals surface area (Å²) in [5.74, 6) is 2.01. The van der Waals surface area contributed by atoms with E-state index in [9.17, 15) is 0 Å². The van der Waals surface area contributed by atoms with E-state index in [0.717, 1.165) is 18.7 Å². The lowest BCUT2D eigenvalue weighted by molar-refractivity contribution is 0.387. The molecule has 0 radical (unpaired) electrons. The fraction of sp³-hybridized carbons (Fsp3) is 0.667. The van der Waals surface area contributed by atoms with Crippen LogP contribution in [-0.4, -0.2) is 16.0 Å². The first-order chi connectivity index (χ1) is 4.83. The number of aryl methyl sites for hydroxylation is 2. The molecule has 1 aromatic heterocycles. The molecule has 0 aromatic carbocycles. The number of hydrogen-bond acceptors (Lipinski definition) is 3. The van der Waals surface area contributed by atoms with E-state index in [1.165, 1.54) is 0 Å². The van der Waals surface area contributed by atoms with Gasteiger partial charge in [0.2, 0.25) is 5.89 Å². The van der Waals surface area contributed by atoms with Crippen molar-refractivity contribution in [3.05, 3.63) is 11.7 Å². The average molecular weight is 161 g/mol. The van der Waals surface area contributed by atoms with Gasteiger partial charge in [-0.1, -0.05) is 5.16 Å². The predicted molar refractivity (Wildman–Crippen MR) is 38.1 cm³/mol. The molecule has 3 nitrogen and oxygen atoms in total. The molecule has 56 valence electrons. The Morgan fingerprint density at radius 2 is 2.40 bits per heavy atom. The monoisotopic (exact) mass is 160 g/mol. The third kappa shape index (κ3) is 1.99. The Balaban J connectivity index is 2.42. The van der Waals surface area contributed by atoms with E-state index in [0.29, 0.717) is 11.8 Å². The number of rotatable bonds is 3. The molecule has 0 aliphatic heterocycles. The molecule has 0 N–H and O–H groups in total. The highest BCUT2D eigenvalue weighted by Gasteiger charge is 1.99. The largest absolute Gasteiger partial charge is 0.340 e. The van der Waals surface area contributed by atoms with Gasteiger partial charge in [0.05, 0.1) is 0 Å². The number of hydrogen-bond donors (Lipinski definition) is 0. The molecule has 1 aromatic rings. The Morgan fingerprint density at radius 3 is 2.90 bits per heavy atom. The molecule has 0 saturated carbocycles. The summed E-state index contributed by atoms with van der Waals surface area (Å²) in [5.41, 5.74) is 0. The van der Waals surface area contributed by atoms with Gasteiger partial charge in [0.25, 0.3) is 0 Å². The average Bonchev–Trinajstić information content (AvgIpc) is 2.31. The molecule has 1 rings (SSSR count). The summed E-state index contributed by atoms with van der Waals surface area (Å²) in [7, 11) is 0. The first-order valence-electron chi connectivity index (χ1n) is 3.18. The fourth-order valence-corrected chi connectivity index (χ4v) is 0.801. The van der Waals surface area contributed by atoms with E-state index in [-0.39, 0.29) is 0 Å². The van der Waals surface area contributed by atoms with E-state index >= 15 is 0 Å². The second kappa shape index (κ2) is 3.56. The minimum Gasteiger partial charge on any atom is -0.340 e. The molecule has 0 atom stereocenters. The molecule has 10 heavy (non-hydrogen) atoms. The Hall–Kier alpha value is -0.570.